The van der Waals surface area contributed by atoms with Crippen molar-refractivity contribution in [2.75, 3.05) is 43.6 Å². The minimum Gasteiger partial charge on any atom is -0.465 e. The van der Waals surface area contributed by atoms with E-state index in [2.05, 4.69) is 15.5 Å². The van der Waals surface area contributed by atoms with E-state index in [1.807, 2.05) is 6.07 Å². The molecule has 2 aromatic rings. The van der Waals surface area contributed by atoms with E-state index in [1.54, 1.807) is 36.4 Å². The van der Waals surface area contributed by atoms with E-state index in [9.17, 15) is 9.59 Å². The van der Waals surface area contributed by atoms with Crippen LogP contribution in [0, 0.1) is 0 Å². The average molecular weight is 434 g/mol. The Kier molecular flexibility index (Phi) is 7.03. The lowest BCUT2D eigenvalue weighted by Crippen LogP contribution is -2.37. The summed E-state index contributed by atoms with van der Waals surface area (Å²) in [6, 6.07) is 11.9. The van der Waals surface area contributed by atoms with Crippen LogP contribution in [-0.4, -0.2) is 50.4 Å². The van der Waals surface area contributed by atoms with Crippen LogP contribution in [0.1, 0.15) is 20.7 Å². The normalized spacial score (nSPS) is 13.5. The number of morpholine rings is 1. The zero-order valence-electron chi connectivity index (χ0n) is 15.7. The van der Waals surface area contributed by atoms with E-state index in [0.717, 1.165) is 5.69 Å². The zero-order chi connectivity index (χ0) is 20.8. The van der Waals surface area contributed by atoms with Gasteiger partial charge in [-0.3, -0.25) is 10.1 Å². The van der Waals surface area contributed by atoms with Crippen molar-refractivity contribution in [1.29, 1.82) is 0 Å². The van der Waals surface area contributed by atoms with Gasteiger partial charge in [-0.2, -0.15) is 0 Å². The highest BCUT2D eigenvalue weighted by Gasteiger charge is 2.20. The monoisotopic (exact) mass is 433 g/mol. The minimum absolute atomic E-state index is 0.0878. The number of rotatable bonds is 4. The molecular formula is C20H20ClN3O4S. The van der Waals surface area contributed by atoms with Crippen molar-refractivity contribution in [3.63, 3.8) is 0 Å². The molecule has 0 bridgehead atoms. The molecular weight excluding hydrogens is 414 g/mol. The predicted molar refractivity (Wildman–Crippen MR) is 116 cm³/mol. The lowest BCUT2D eigenvalue weighted by atomic mass is 10.1. The smallest absolute Gasteiger partial charge is 0.340 e. The molecule has 0 saturated carbocycles. The molecule has 1 heterocycles. The summed E-state index contributed by atoms with van der Waals surface area (Å²) >= 11 is 11.3. The Morgan fingerprint density at radius 1 is 1.14 bits per heavy atom. The Hall–Kier alpha value is -2.68. The van der Waals surface area contributed by atoms with Crippen LogP contribution in [0.3, 0.4) is 0 Å². The number of nitrogens with zero attached hydrogens (tertiary/aromatic N) is 1. The van der Waals surface area contributed by atoms with Gasteiger partial charge in [0.1, 0.15) is 0 Å². The summed E-state index contributed by atoms with van der Waals surface area (Å²) in [5, 5.41) is 5.91. The number of ether oxygens (including phenoxy) is 2. The van der Waals surface area contributed by atoms with Gasteiger partial charge in [-0.15, -0.1) is 0 Å². The summed E-state index contributed by atoms with van der Waals surface area (Å²) in [5.41, 5.74) is 2.03. The molecule has 0 radical (unpaired) electrons. The molecule has 29 heavy (non-hydrogen) atoms. The summed E-state index contributed by atoms with van der Waals surface area (Å²) in [6.07, 6.45) is 0. The van der Waals surface area contributed by atoms with Crippen LogP contribution in [0.25, 0.3) is 0 Å². The molecule has 0 unspecified atom stereocenters. The van der Waals surface area contributed by atoms with Gasteiger partial charge >= 0.3 is 5.97 Å². The SMILES string of the molecule is COC(=O)c1cc(NC(=S)NC(=O)c2ccccc2Cl)ccc1N1CCOCC1. The molecule has 1 saturated heterocycles. The van der Waals surface area contributed by atoms with Gasteiger partial charge in [-0.1, -0.05) is 23.7 Å². The molecule has 0 aromatic heterocycles. The fourth-order valence-corrected chi connectivity index (χ4v) is 3.38. The lowest BCUT2D eigenvalue weighted by Gasteiger charge is -2.30. The van der Waals surface area contributed by atoms with Gasteiger partial charge in [-0.05, 0) is 42.5 Å². The minimum atomic E-state index is -0.457. The van der Waals surface area contributed by atoms with Crippen LogP contribution in [0.4, 0.5) is 11.4 Å². The standard InChI is InChI=1S/C20H20ClN3O4S/c1-27-19(26)15-12-13(6-7-17(15)24-8-10-28-11-9-24)22-20(29)23-18(25)14-4-2-3-5-16(14)21/h2-7,12H,8-11H2,1H3,(H2,22,23,25,29). The van der Waals surface area contributed by atoms with E-state index in [1.165, 1.54) is 7.11 Å². The molecule has 2 N–H and O–H groups in total. The summed E-state index contributed by atoms with van der Waals surface area (Å²) in [4.78, 5) is 26.7. The van der Waals surface area contributed by atoms with E-state index in [0.29, 0.717) is 48.1 Å². The largest absolute Gasteiger partial charge is 0.465 e. The highest BCUT2D eigenvalue weighted by atomic mass is 35.5. The molecule has 1 aliphatic rings. The summed E-state index contributed by atoms with van der Waals surface area (Å²) < 4.78 is 10.3. The number of halogens is 1. The second-order valence-electron chi connectivity index (χ2n) is 6.21. The summed E-state index contributed by atoms with van der Waals surface area (Å²) in [6.45, 7) is 2.56. The first-order valence-corrected chi connectivity index (χ1v) is 9.70. The van der Waals surface area contributed by atoms with Crippen LogP contribution in [0.5, 0.6) is 0 Å². The molecule has 3 rings (SSSR count). The number of benzene rings is 2. The second kappa shape index (κ2) is 9.69. The van der Waals surface area contributed by atoms with E-state index in [4.69, 9.17) is 33.3 Å². The molecule has 0 atom stereocenters. The predicted octanol–water partition coefficient (Wildman–Crippen LogP) is 3.09. The number of anilines is 2. The highest BCUT2D eigenvalue weighted by molar-refractivity contribution is 7.80. The number of hydrogen-bond acceptors (Lipinski definition) is 6. The third kappa shape index (κ3) is 5.23. The maximum atomic E-state index is 12.3. The summed E-state index contributed by atoms with van der Waals surface area (Å²) in [7, 11) is 1.33. The molecule has 9 heteroatoms. The molecule has 0 aliphatic carbocycles. The molecule has 1 aliphatic heterocycles. The molecule has 2 aromatic carbocycles. The van der Waals surface area contributed by atoms with Gasteiger partial charge in [0.2, 0.25) is 0 Å². The number of hydrogen-bond donors (Lipinski definition) is 2. The van der Waals surface area contributed by atoms with Gasteiger partial charge in [0.15, 0.2) is 5.11 Å². The van der Waals surface area contributed by atoms with Gasteiger partial charge in [0, 0.05) is 18.8 Å². The molecule has 1 fully saturated rings. The Labute approximate surface area is 178 Å². The van der Waals surface area contributed by atoms with Crippen molar-refractivity contribution in [1.82, 2.24) is 5.32 Å². The topological polar surface area (TPSA) is 79.9 Å². The first-order chi connectivity index (χ1) is 14.0. The number of thiocarbonyl (C=S) groups is 1. The number of carbonyl (C=O) groups excluding carboxylic acids is 2. The van der Waals surface area contributed by atoms with Crippen molar-refractivity contribution in [2.24, 2.45) is 0 Å². The molecule has 152 valence electrons. The zero-order valence-corrected chi connectivity index (χ0v) is 17.3. The van der Waals surface area contributed by atoms with E-state index in [-0.39, 0.29) is 5.11 Å². The van der Waals surface area contributed by atoms with E-state index >= 15 is 0 Å². The Bertz CT molecular complexity index is 932. The van der Waals surface area contributed by atoms with Crippen LogP contribution < -0.4 is 15.5 Å². The van der Waals surface area contributed by atoms with Crippen LogP contribution >= 0.6 is 23.8 Å². The van der Waals surface area contributed by atoms with E-state index < -0.39 is 11.9 Å². The fourth-order valence-electron chi connectivity index (χ4n) is 2.95. The Morgan fingerprint density at radius 2 is 1.86 bits per heavy atom. The Balaban J connectivity index is 1.74. The average Bonchev–Trinajstić information content (AvgIpc) is 2.74. The lowest BCUT2D eigenvalue weighted by molar-refractivity contribution is 0.0600. The Morgan fingerprint density at radius 3 is 2.55 bits per heavy atom. The maximum absolute atomic E-state index is 12.3. The number of carbonyl (C=O) groups is 2. The maximum Gasteiger partial charge on any atom is 0.340 e. The van der Waals surface area contributed by atoms with Crippen LogP contribution in [-0.2, 0) is 9.47 Å². The van der Waals surface area contributed by atoms with Crippen molar-refractivity contribution >= 4 is 52.2 Å². The van der Waals surface area contributed by atoms with Crippen molar-refractivity contribution in [2.45, 2.75) is 0 Å². The van der Waals surface area contributed by atoms with Crippen molar-refractivity contribution in [3.8, 4) is 0 Å². The molecule has 0 spiro atoms. The molecule has 1 amide bonds. The third-order valence-corrected chi connectivity index (χ3v) is 4.89. The first-order valence-electron chi connectivity index (χ1n) is 8.91. The number of esters is 1. The van der Waals surface area contributed by atoms with Gasteiger partial charge in [0.05, 0.1) is 42.2 Å². The van der Waals surface area contributed by atoms with Crippen LogP contribution in [0.15, 0.2) is 42.5 Å². The number of nitrogens with one attached hydrogen (secondary N) is 2. The highest BCUT2D eigenvalue weighted by Crippen LogP contribution is 2.26. The second-order valence-corrected chi connectivity index (χ2v) is 7.03. The quantitative estimate of drug-likeness (QED) is 0.566. The number of methoxy groups -OCH3 is 1. The first kappa shape index (κ1) is 21.0. The van der Waals surface area contributed by atoms with Crippen molar-refractivity contribution < 1.29 is 19.1 Å². The van der Waals surface area contributed by atoms with Gasteiger partial charge in [-0.25, -0.2) is 4.79 Å². The summed E-state index contributed by atoms with van der Waals surface area (Å²) in [5.74, 6) is -0.882. The van der Waals surface area contributed by atoms with Gasteiger partial charge < -0.3 is 19.7 Å². The third-order valence-electron chi connectivity index (χ3n) is 4.36. The van der Waals surface area contributed by atoms with Gasteiger partial charge in [0.25, 0.3) is 5.91 Å². The molecule has 7 nitrogen and oxygen atoms in total. The fraction of sp³-hybridized carbons (Fsp3) is 0.250. The van der Waals surface area contributed by atoms with Crippen LogP contribution in [0.2, 0.25) is 5.02 Å². The number of amides is 1. The van der Waals surface area contributed by atoms with Crippen molar-refractivity contribution in [3.05, 3.63) is 58.6 Å².